The molecule has 1 fully saturated rings. The fourth-order valence-corrected chi connectivity index (χ4v) is 7.56. The van der Waals surface area contributed by atoms with Crippen molar-refractivity contribution >= 4 is 35.5 Å². The first-order chi connectivity index (χ1) is 18.0. The van der Waals surface area contributed by atoms with Crippen LogP contribution in [0.3, 0.4) is 0 Å². The second-order valence-corrected chi connectivity index (χ2v) is 14.3. The van der Waals surface area contributed by atoms with Gasteiger partial charge in [0.15, 0.2) is 0 Å². The summed E-state index contributed by atoms with van der Waals surface area (Å²) in [6, 6.07) is 0. The summed E-state index contributed by atoms with van der Waals surface area (Å²) in [6.07, 6.45) is 20.3. The van der Waals surface area contributed by atoms with Crippen molar-refractivity contribution in [2.75, 3.05) is 36.8 Å². The molecule has 0 amide bonds. The van der Waals surface area contributed by atoms with Crippen molar-refractivity contribution in [3.63, 3.8) is 0 Å². The minimum Gasteiger partial charge on any atom is -0.368 e. The SMILES string of the molecule is CCCCCCCCCCCCCCCCSSCCO[P+]1(O)COC(Cn2cnc(N)nc2=O)CO1. The van der Waals surface area contributed by atoms with E-state index in [4.69, 9.17) is 19.5 Å². The van der Waals surface area contributed by atoms with Crippen LogP contribution in [-0.2, 0) is 20.3 Å². The number of nitrogens with zero attached hydrogens (tertiary/aromatic N) is 3. The van der Waals surface area contributed by atoms with E-state index >= 15 is 0 Å². The van der Waals surface area contributed by atoms with Gasteiger partial charge in [-0.3, -0.25) is 4.57 Å². The molecule has 214 valence electrons. The van der Waals surface area contributed by atoms with Crippen molar-refractivity contribution in [3.8, 4) is 0 Å². The van der Waals surface area contributed by atoms with Crippen LogP contribution in [0.15, 0.2) is 11.1 Å². The van der Waals surface area contributed by atoms with Crippen LogP contribution in [0, 0.1) is 0 Å². The Hall–Kier alpha value is -0.420. The van der Waals surface area contributed by atoms with Gasteiger partial charge in [0.05, 0.1) is 6.54 Å². The third-order valence-corrected chi connectivity index (χ3v) is 10.3. The first-order valence-electron chi connectivity index (χ1n) is 14.0. The molecule has 37 heavy (non-hydrogen) atoms. The maximum atomic E-state index is 11.8. The molecule has 2 atom stereocenters. The highest BCUT2D eigenvalue weighted by atomic mass is 33.1. The lowest BCUT2D eigenvalue weighted by atomic mass is 10.0. The van der Waals surface area contributed by atoms with E-state index in [-0.39, 0.29) is 31.6 Å². The highest BCUT2D eigenvalue weighted by Crippen LogP contribution is 2.59. The second-order valence-electron chi connectivity index (χ2n) is 9.57. The predicted molar refractivity (Wildman–Crippen MR) is 157 cm³/mol. The molecule has 0 saturated carbocycles. The van der Waals surface area contributed by atoms with Crippen molar-refractivity contribution in [2.24, 2.45) is 0 Å². The van der Waals surface area contributed by atoms with Crippen LogP contribution in [0.2, 0.25) is 0 Å². The van der Waals surface area contributed by atoms with Gasteiger partial charge in [0, 0.05) is 11.5 Å². The molecule has 3 N–H and O–H groups in total. The summed E-state index contributed by atoms with van der Waals surface area (Å²) >= 11 is 0. The van der Waals surface area contributed by atoms with E-state index in [9.17, 15) is 9.69 Å². The van der Waals surface area contributed by atoms with Crippen molar-refractivity contribution in [3.05, 3.63) is 16.8 Å². The van der Waals surface area contributed by atoms with Crippen LogP contribution in [0.25, 0.3) is 0 Å². The molecular formula is C25H48N4O5PS2+. The van der Waals surface area contributed by atoms with E-state index in [1.165, 1.54) is 101 Å². The molecule has 1 aliphatic rings. The molecule has 0 aromatic carbocycles. The van der Waals surface area contributed by atoms with Crippen molar-refractivity contribution < 1.29 is 18.7 Å². The van der Waals surface area contributed by atoms with E-state index in [1.54, 1.807) is 10.8 Å². The average Bonchev–Trinajstić information content (AvgIpc) is 2.88. The topological polar surface area (TPSA) is 122 Å². The van der Waals surface area contributed by atoms with E-state index < -0.39 is 13.6 Å². The van der Waals surface area contributed by atoms with Crippen molar-refractivity contribution in [1.29, 1.82) is 0 Å². The summed E-state index contributed by atoms with van der Waals surface area (Å²) in [4.78, 5) is 29.7. The molecule has 2 unspecified atom stereocenters. The van der Waals surface area contributed by atoms with Gasteiger partial charge in [0.2, 0.25) is 12.3 Å². The van der Waals surface area contributed by atoms with Gasteiger partial charge in [-0.15, -0.1) is 0 Å². The number of hydrogen-bond acceptors (Lipinski definition) is 10. The van der Waals surface area contributed by atoms with Crippen LogP contribution in [-0.4, -0.2) is 56.6 Å². The fourth-order valence-electron chi connectivity index (χ4n) is 4.07. The lowest BCUT2D eigenvalue weighted by Gasteiger charge is -2.27. The molecule has 0 spiro atoms. The Labute approximate surface area is 231 Å². The minimum atomic E-state index is -3.00. The molecular weight excluding hydrogens is 531 g/mol. The second kappa shape index (κ2) is 20.5. The monoisotopic (exact) mass is 579 g/mol. The highest BCUT2D eigenvalue weighted by Gasteiger charge is 2.46. The van der Waals surface area contributed by atoms with Crippen LogP contribution in [0.1, 0.15) is 96.8 Å². The standard InChI is InChI=1S/C25H47N4O5PS2/c1-2-3-4-5-6-7-8-9-10-11-12-13-14-15-17-36-37-18-16-33-35(31)22-32-23(20-34-35)19-29-21-27-24(26)28-25(29)30/h21,23,31H,2-20,22H2,1H3,(H-,26,28,30)/p+1. The molecule has 1 aromatic rings. The molecule has 2 heterocycles. The molecule has 1 aliphatic heterocycles. The van der Waals surface area contributed by atoms with E-state index in [0.29, 0.717) is 6.61 Å². The number of anilines is 1. The van der Waals surface area contributed by atoms with Gasteiger partial charge in [-0.2, -0.15) is 18.9 Å². The van der Waals surface area contributed by atoms with E-state index in [1.807, 2.05) is 10.8 Å². The molecule has 0 aliphatic carbocycles. The van der Waals surface area contributed by atoms with Gasteiger partial charge in [0.25, 0.3) is 0 Å². The summed E-state index contributed by atoms with van der Waals surface area (Å²) < 4.78 is 18.2. The first kappa shape index (κ1) is 32.8. The molecule has 2 rings (SSSR count). The minimum absolute atomic E-state index is 0.0148. The molecule has 1 saturated heterocycles. The maximum absolute atomic E-state index is 11.8. The summed E-state index contributed by atoms with van der Waals surface area (Å²) in [5.41, 5.74) is 4.90. The maximum Gasteiger partial charge on any atom is 0.436 e. The number of hydrogen-bond donors (Lipinski definition) is 2. The third kappa shape index (κ3) is 15.7. The summed E-state index contributed by atoms with van der Waals surface area (Å²) in [5, 5.41) is 0. The Morgan fingerprint density at radius 3 is 2.19 bits per heavy atom. The molecule has 0 bridgehead atoms. The number of nitrogen functional groups attached to an aromatic ring is 1. The summed E-state index contributed by atoms with van der Waals surface area (Å²) in [7, 11) is 0.639. The van der Waals surface area contributed by atoms with Crippen molar-refractivity contribution in [2.45, 2.75) is 109 Å². The number of ether oxygens (including phenoxy) is 1. The Bertz CT molecular complexity index is 769. The van der Waals surface area contributed by atoms with Crippen LogP contribution >= 0.6 is 29.5 Å². The number of rotatable bonds is 22. The first-order valence-corrected chi connectivity index (χ1v) is 18.2. The van der Waals surface area contributed by atoms with Crippen molar-refractivity contribution in [1.82, 2.24) is 14.5 Å². The number of nitrogens with two attached hydrogens (primary N) is 1. The Kier molecular flexibility index (Phi) is 18.1. The molecule has 0 radical (unpaired) electrons. The molecule has 9 nitrogen and oxygen atoms in total. The molecule has 12 heteroatoms. The lowest BCUT2D eigenvalue weighted by molar-refractivity contribution is -0.0240. The Balaban J connectivity index is 1.35. The quantitative estimate of drug-likeness (QED) is 0.0929. The average molecular weight is 580 g/mol. The summed E-state index contributed by atoms with van der Waals surface area (Å²) in [5.74, 6) is 1.88. The largest absolute Gasteiger partial charge is 0.436 e. The smallest absolute Gasteiger partial charge is 0.368 e. The van der Waals surface area contributed by atoms with Crippen LogP contribution in [0.4, 0.5) is 5.95 Å². The normalized spacial score (nSPS) is 19.9. The third-order valence-electron chi connectivity index (χ3n) is 6.25. The van der Waals surface area contributed by atoms with Gasteiger partial charge in [0.1, 0.15) is 25.6 Å². The Morgan fingerprint density at radius 1 is 1.03 bits per heavy atom. The van der Waals surface area contributed by atoms with Gasteiger partial charge in [-0.05, 0) is 6.42 Å². The number of unbranched alkanes of at least 4 members (excludes halogenated alkanes) is 13. The highest BCUT2D eigenvalue weighted by molar-refractivity contribution is 8.76. The van der Waals surface area contributed by atoms with Gasteiger partial charge >= 0.3 is 13.6 Å². The van der Waals surface area contributed by atoms with E-state index in [0.717, 1.165) is 11.5 Å². The van der Waals surface area contributed by atoms with Crippen LogP contribution < -0.4 is 11.4 Å². The molecule has 1 aromatic heterocycles. The summed E-state index contributed by atoms with van der Waals surface area (Å²) in [6.45, 7) is 3.06. The zero-order valence-electron chi connectivity index (χ0n) is 22.6. The fraction of sp³-hybridized carbons (Fsp3) is 0.880. The Morgan fingerprint density at radius 2 is 1.62 bits per heavy atom. The number of aromatic nitrogens is 3. The zero-order valence-corrected chi connectivity index (χ0v) is 25.1. The zero-order chi connectivity index (χ0) is 26.6. The van der Waals surface area contributed by atoms with E-state index in [2.05, 4.69) is 16.9 Å². The van der Waals surface area contributed by atoms with Gasteiger partial charge in [-0.25, -0.2) is 9.78 Å². The van der Waals surface area contributed by atoms with Gasteiger partial charge in [-0.1, -0.05) is 112 Å². The van der Waals surface area contributed by atoms with Crippen LogP contribution in [0.5, 0.6) is 0 Å². The van der Waals surface area contributed by atoms with Gasteiger partial charge < -0.3 is 10.5 Å². The predicted octanol–water partition coefficient (Wildman–Crippen LogP) is 6.23. The lowest BCUT2D eigenvalue weighted by Crippen LogP contribution is -2.36.